The Morgan fingerprint density at radius 2 is 1.57 bits per heavy atom. The molecule has 0 radical (unpaired) electrons. The van der Waals surface area contributed by atoms with Gasteiger partial charge in [0.2, 0.25) is 0 Å². The number of hydrogen-bond acceptors (Lipinski definition) is 5. The molecule has 1 aliphatic rings. The Hall–Kier alpha value is -3.21. The van der Waals surface area contributed by atoms with Crippen molar-refractivity contribution in [2.24, 2.45) is 0 Å². The highest BCUT2D eigenvalue weighted by Gasteiger charge is 2.34. The number of fused-ring (bicyclic) bond motifs is 2. The fourth-order valence-corrected chi connectivity index (χ4v) is 2.46. The lowest BCUT2D eigenvalue weighted by molar-refractivity contribution is -0.130. The van der Waals surface area contributed by atoms with Gasteiger partial charge in [-0.15, -0.1) is 0 Å². The molecule has 0 fully saturated rings. The van der Waals surface area contributed by atoms with Gasteiger partial charge in [0.25, 0.3) is 0 Å². The Labute approximate surface area is 131 Å². The van der Waals surface area contributed by atoms with E-state index in [0.717, 1.165) is 0 Å². The lowest BCUT2D eigenvalue weighted by Crippen LogP contribution is -2.23. The third-order valence-corrected chi connectivity index (χ3v) is 3.56. The molecule has 0 bridgehead atoms. The molecule has 0 aromatic heterocycles. The second-order valence-electron chi connectivity index (χ2n) is 5.21. The summed E-state index contributed by atoms with van der Waals surface area (Å²) in [5.41, 5.74) is 0.339. The van der Waals surface area contributed by atoms with Crippen molar-refractivity contribution >= 4 is 17.5 Å². The summed E-state index contributed by atoms with van der Waals surface area (Å²) in [6, 6.07) is 8.69. The molecule has 114 valence electrons. The molecule has 1 aliphatic carbocycles. The molecule has 0 saturated heterocycles. The van der Waals surface area contributed by atoms with Gasteiger partial charge >= 0.3 is 5.97 Å². The summed E-state index contributed by atoms with van der Waals surface area (Å²) in [6.45, 7) is 4.97. The van der Waals surface area contributed by atoms with Crippen LogP contribution in [0.2, 0.25) is 0 Å². The van der Waals surface area contributed by atoms with Crippen molar-refractivity contribution in [1.29, 1.82) is 0 Å². The summed E-state index contributed by atoms with van der Waals surface area (Å²) in [4.78, 5) is 37.0. The molecular weight excluding hydrogens is 296 g/mol. The van der Waals surface area contributed by atoms with Gasteiger partial charge in [-0.1, -0.05) is 30.8 Å². The van der Waals surface area contributed by atoms with Gasteiger partial charge in [-0.05, 0) is 19.1 Å². The van der Waals surface area contributed by atoms with Crippen LogP contribution in [0.5, 0.6) is 11.5 Å². The quantitative estimate of drug-likeness (QED) is 0.447. The first kappa shape index (κ1) is 14.7. The van der Waals surface area contributed by atoms with E-state index >= 15 is 0 Å². The van der Waals surface area contributed by atoms with Gasteiger partial charge < -0.3 is 9.84 Å². The predicted molar refractivity (Wildman–Crippen MR) is 81.9 cm³/mol. The van der Waals surface area contributed by atoms with Crippen LogP contribution in [0.25, 0.3) is 0 Å². The number of ketones is 2. The van der Waals surface area contributed by atoms with Crippen LogP contribution >= 0.6 is 0 Å². The molecule has 5 nitrogen and oxygen atoms in total. The third-order valence-electron chi connectivity index (χ3n) is 3.56. The number of carbonyl (C=O) groups excluding carboxylic acids is 3. The molecule has 1 N–H and O–H groups in total. The number of rotatable bonds is 2. The molecule has 0 atom stereocenters. The Bertz CT molecular complexity index is 892. The maximum absolute atomic E-state index is 12.7. The van der Waals surface area contributed by atoms with Crippen LogP contribution in [0.15, 0.2) is 48.6 Å². The number of phenols is 1. The average molecular weight is 308 g/mol. The highest BCUT2D eigenvalue weighted by Crippen LogP contribution is 2.36. The molecule has 0 unspecified atom stereocenters. The first-order valence-corrected chi connectivity index (χ1v) is 6.84. The Kier molecular flexibility index (Phi) is 3.33. The van der Waals surface area contributed by atoms with Crippen LogP contribution in [0.3, 0.4) is 0 Å². The molecule has 0 amide bonds. The van der Waals surface area contributed by atoms with Gasteiger partial charge in [0.15, 0.2) is 11.6 Å². The lowest BCUT2D eigenvalue weighted by atomic mass is 9.83. The monoisotopic (exact) mass is 308 g/mol. The molecule has 2 aromatic carbocycles. The summed E-state index contributed by atoms with van der Waals surface area (Å²) < 4.78 is 5.16. The normalized spacial score (nSPS) is 12.4. The number of hydrogen-bond donors (Lipinski definition) is 1. The Morgan fingerprint density at radius 1 is 1.00 bits per heavy atom. The summed E-state index contributed by atoms with van der Waals surface area (Å²) in [5.74, 6) is -1.89. The number of benzene rings is 2. The topological polar surface area (TPSA) is 80.7 Å². The summed E-state index contributed by atoms with van der Waals surface area (Å²) in [6.07, 6.45) is 0. The molecule has 5 heteroatoms. The van der Waals surface area contributed by atoms with Crippen LogP contribution in [-0.4, -0.2) is 22.6 Å². The summed E-state index contributed by atoms with van der Waals surface area (Å²) in [7, 11) is 0. The van der Waals surface area contributed by atoms with E-state index in [-0.39, 0.29) is 39.3 Å². The van der Waals surface area contributed by atoms with Crippen molar-refractivity contribution in [2.75, 3.05) is 0 Å². The van der Waals surface area contributed by atoms with Crippen LogP contribution in [-0.2, 0) is 4.79 Å². The van der Waals surface area contributed by atoms with Gasteiger partial charge in [-0.25, -0.2) is 4.79 Å². The van der Waals surface area contributed by atoms with Gasteiger partial charge in [0.1, 0.15) is 11.5 Å². The minimum atomic E-state index is -0.680. The molecule has 3 rings (SSSR count). The first-order valence-electron chi connectivity index (χ1n) is 6.84. The predicted octanol–water partition coefficient (Wildman–Crippen LogP) is 2.65. The van der Waals surface area contributed by atoms with Crippen LogP contribution in [0.1, 0.15) is 38.8 Å². The molecule has 0 aliphatic heterocycles. The van der Waals surface area contributed by atoms with Gasteiger partial charge in [0, 0.05) is 16.7 Å². The maximum atomic E-state index is 12.7. The average Bonchev–Trinajstić information content (AvgIpc) is 2.52. The fraction of sp³-hybridized carbons (Fsp3) is 0.0556. The first-order chi connectivity index (χ1) is 10.9. The van der Waals surface area contributed by atoms with E-state index in [2.05, 4.69) is 6.58 Å². The van der Waals surface area contributed by atoms with Crippen molar-refractivity contribution in [3.8, 4) is 11.5 Å². The second kappa shape index (κ2) is 5.21. The largest absolute Gasteiger partial charge is 0.507 e. The number of carbonyl (C=O) groups is 3. The van der Waals surface area contributed by atoms with Gasteiger partial charge in [0.05, 0.1) is 11.1 Å². The van der Waals surface area contributed by atoms with Gasteiger partial charge in [-0.3, -0.25) is 9.59 Å². The molecule has 0 saturated carbocycles. The van der Waals surface area contributed by atoms with Crippen molar-refractivity contribution in [3.05, 3.63) is 70.8 Å². The Morgan fingerprint density at radius 3 is 2.22 bits per heavy atom. The minimum Gasteiger partial charge on any atom is -0.507 e. The number of ether oxygens (including phenoxy) is 1. The number of esters is 1. The van der Waals surface area contributed by atoms with Crippen LogP contribution in [0, 0.1) is 0 Å². The van der Waals surface area contributed by atoms with Crippen molar-refractivity contribution in [3.63, 3.8) is 0 Å². The van der Waals surface area contributed by atoms with E-state index in [0.29, 0.717) is 0 Å². The van der Waals surface area contributed by atoms with Crippen molar-refractivity contribution in [1.82, 2.24) is 0 Å². The van der Waals surface area contributed by atoms with Crippen molar-refractivity contribution < 1.29 is 24.2 Å². The molecule has 23 heavy (non-hydrogen) atoms. The fourth-order valence-electron chi connectivity index (χ4n) is 2.46. The zero-order valence-electron chi connectivity index (χ0n) is 12.3. The van der Waals surface area contributed by atoms with Crippen LogP contribution in [0.4, 0.5) is 0 Å². The highest BCUT2D eigenvalue weighted by molar-refractivity contribution is 6.30. The van der Waals surface area contributed by atoms with E-state index in [1.165, 1.54) is 43.3 Å². The zero-order valence-corrected chi connectivity index (χ0v) is 12.3. The maximum Gasteiger partial charge on any atom is 0.338 e. The number of phenolic OH excluding ortho intramolecular Hbond substituents is 1. The lowest BCUT2D eigenvalue weighted by Gasteiger charge is -2.20. The highest BCUT2D eigenvalue weighted by atomic mass is 16.5. The molecule has 0 heterocycles. The van der Waals surface area contributed by atoms with E-state index in [4.69, 9.17) is 4.74 Å². The van der Waals surface area contributed by atoms with Crippen LogP contribution < -0.4 is 4.74 Å². The second-order valence-corrected chi connectivity index (χ2v) is 5.21. The Balaban J connectivity index is 2.20. The standard InChI is InChI=1S/C18H12O5/c1-9(2)18(22)23-13-8-4-6-11-15(13)17(21)10-5-3-7-12(19)14(10)16(11)20/h3-8,19H,1H2,2H3. The third kappa shape index (κ3) is 2.23. The van der Waals surface area contributed by atoms with Gasteiger partial charge in [-0.2, -0.15) is 0 Å². The number of aromatic hydroxyl groups is 1. The summed E-state index contributed by atoms with van der Waals surface area (Å²) in [5, 5.41) is 9.89. The molecular formula is C18H12O5. The van der Waals surface area contributed by atoms with E-state index in [1.807, 2.05) is 0 Å². The van der Waals surface area contributed by atoms with E-state index < -0.39 is 17.5 Å². The zero-order chi connectivity index (χ0) is 16.7. The summed E-state index contributed by atoms with van der Waals surface area (Å²) >= 11 is 0. The SMILES string of the molecule is C=C(C)C(=O)Oc1cccc2c1C(=O)c1cccc(O)c1C2=O. The molecule has 0 spiro atoms. The van der Waals surface area contributed by atoms with E-state index in [9.17, 15) is 19.5 Å². The van der Waals surface area contributed by atoms with Crippen molar-refractivity contribution in [2.45, 2.75) is 6.92 Å². The smallest absolute Gasteiger partial charge is 0.338 e. The molecule has 2 aromatic rings. The van der Waals surface area contributed by atoms with E-state index in [1.54, 1.807) is 0 Å². The minimum absolute atomic E-state index is 0.00263.